The second-order valence-electron chi connectivity index (χ2n) is 2.25. The van der Waals surface area contributed by atoms with Gasteiger partial charge in [0.25, 0.3) is 0 Å². The van der Waals surface area contributed by atoms with Crippen LogP contribution in [0.25, 0.3) is 0 Å². The summed E-state index contributed by atoms with van der Waals surface area (Å²) in [6.07, 6.45) is 1.93. The zero-order chi connectivity index (χ0) is 9.14. The zero-order valence-corrected chi connectivity index (χ0v) is 8.02. The molecule has 0 aromatic carbocycles. The highest BCUT2D eigenvalue weighted by Crippen LogP contribution is 2.10. The molecule has 0 amide bonds. The summed E-state index contributed by atoms with van der Waals surface area (Å²) in [7, 11) is 0. The van der Waals surface area contributed by atoms with Crippen LogP contribution >= 0.6 is 15.9 Å². The van der Waals surface area contributed by atoms with Crippen LogP contribution in [0.2, 0.25) is 0 Å². The fourth-order valence-corrected chi connectivity index (χ4v) is 1.10. The molecule has 1 heterocycles. The molecule has 1 aromatic rings. The van der Waals surface area contributed by atoms with Gasteiger partial charge in [0.15, 0.2) is 6.04 Å². The molecule has 0 saturated carbocycles. The van der Waals surface area contributed by atoms with Crippen molar-refractivity contribution in [2.75, 3.05) is 0 Å². The molecule has 0 aliphatic carbocycles. The van der Waals surface area contributed by atoms with E-state index in [1.54, 1.807) is 6.92 Å². The molecule has 1 N–H and O–H groups in total. The van der Waals surface area contributed by atoms with Gasteiger partial charge in [-0.3, -0.25) is 0 Å². The Balaban J connectivity index is 2.87. The second kappa shape index (κ2) is 3.66. The van der Waals surface area contributed by atoms with Crippen LogP contribution in [0, 0.1) is 0 Å². The van der Waals surface area contributed by atoms with Crippen molar-refractivity contribution < 1.29 is 9.90 Å². The van der Waals surface area contributed by atoms with E-state index >= 15 is 0 Å². The van der Waals surface area contributed by atoms with E-state index in [1.165, 1.54) is 11.0 Å². The van der Waals surface area contributed by atoms with Gasteiger partial charge in [0.05, 0.1) is 6.20 Å². The lowest BCUT2D eigenvalue weighted by molar-refractivity contribution is -0.141. The quantitative estimate of drug-likeness (QED) is 0.849. The maximum absolute atomic E-state index is 10.6. The van der Waals surface area contributed by atoms with Gasteiger partial charge in [-0.2, -0.15) is 9.90 Å². The Labute approximate surface area is 77.5 Å². The minimum atomic E-state index is -0.916. The monoisotopic (exact) mass is 233 g/mol. The highest BCUT2D eigenvalue weighted by molar-refractivity contribution is 9.10. The fraction of sp³-hybridized carbons (Fsp3) is 0.500. The molecule has 0 unspecified atom stereocenters. The number of carboxylic acids is 1. The van der Waals surface area contributed by atoms with E-state index < -0.39 is 12.0 Å². The standard InChI is InChI=1S/C6H8BrN3O2/c1-2-4(6(11)12)10-8-3-5(7)9-10/h3-4H,2H2,1H3,(H,11,12)/t4-/m1/s1. The van der Waals surface area contributed by atoms with Gasteiger partial charge >= 0.3 is 5.97 Å². The van der Waals surface area contributed by atoms with Crippen molar-refractivity contribution in [3.8, 4) is 0 Å². The van der Waals surface area contributed by atoms with E-state index in [0.717, 1.165) is 0 Å². The van der Waals surface area contributed by atoms with E-state index in [4.69, 9.17) is 5.11 Å². The first-order valence-corrected chi connectivity index (χ1v) is 4.24. The van der Waals surface area contributed by atoms with Gasteiger partial charge in [-0.05, 0) is 22.4 Å². The van der Waals surface area contributed by atoms with Gasteiger partial charge in [0.1, 0.15) is 4.60 Å². The number of rotatable bonds is 3. The van der Waals surface area contributed by atoms with E-state index in [0.29, 0.717) is 11.0 Å². The van der Waals surface area contributed by atoms with Crippen LogP contribution in [-0.2, 0) is 4.79 Å². The highest BCUT2D eigenvalue weighted by Gasteiger charge is 2.18. The molecule has 0 radical (unpaired) electrons. The van der Waals surface area contributed by atoms with Crippen molar-refractivity contribution in [3.05, 3.63) is 10.8 Å². The summed E-state index contributed by atoms with van der Waals surface area (Å²) < 4.78 is 0.544. The van der Waals surface area contributed by atoms with Crippen LogP contribution in [0.5, 0.6) is 0 Å². The summed E-state index contributed by atoms with van der Waals surface area (Å²) in [5.41, 5.74) is 0. The molecule has 66 valence electrons. The Morgan fingerprint density at radius 2 is 2.58 bits per heavy atom. The van der Waals surface area contributed by atoms with Crippen molar-refractivity contribution in [2.45, 2.75) is 19.4 Å². The van der Waals surface area contributed by atoms with Gasteiger partial charge in [-0.1, -0.05) is 6.92 Å². The van der Waals surface area contributed by atoms with E-state index in [1.807, 2.05) is 0 Å². The van der Waals surface area contributed by atoms with Crippen molar-refractivity contribution in [1.82, 2.24) is 15.0 Å². The normalized spacial score (nSPS) is 12.8. The predicted molar refractivity (Wildman–Crippen MR) is 44.7 cm³/mol. The van der Waals surface area contributed by atoms with Crippen molar-refractivity contribution in [2.24, 2.45) is 0 Å². The minimum absolute atomic E-state index is 0.469. The molecule has 0 spiro atoms. The number of halogens is 1. The summed E-state index contributed by atoms with van der Waals surface area (Å²) in [6.45, 7) is 1.77. The Kier molecular flexibility index (Phi) is 2.80. The molecule has 0 saturated heterocycles. The smallest absolute Gasteiger partial charge is 0.330 e. The molecule has 1 rings (SSSR count). The zero-order valence-electron chi connectivity index (χ0n) is 6.44. The largest absolute Gasteiger partial charge is 0.480 e. The molecule has 1 atom stereocenters. The molecule has 1 aromatic heterocycles. The first kappa shape index (κ1) is 9.18. The highest BCUT2D eigenvalue weighted by atomic mass is 79.9. The van der Waals surface area contributed by atoms with Crippen LogP contribution in [0.4, 0.5) is 0 Å². The second-order valence-corrected chi connectivity index (χ2v) is 3.06. The molecule has 0 aliphatic rings. The molecule has 0 fully saturated rings. The topological polar surface area (TPSA) is 68.0 Å². The maximum atomic E-state index is 10.6. The molecule has 0 bridgehead atoms. The Hall–Kier alpha value is -0.910. The summed E-state index contributed by atoms with van der Waals surface area (Å²) in [5, 5.41) is 16.4. The number of hydrogen-bond acceptors (Lipinski definition) is 3. The number of aromatic nitrogens is 3. The van der Waals surface area contributed by atoms with Crippen molar-refractivity contribution in [1.29, 1.82) is 0 Å². The molecular weight excluding hydrogens is 226 g/mol. The van der Waals surface area contributed by atoms with Gasteiger partial charge in [-0.15, -0.1) is 5.10 Å². The Morgan fingerprint density at radius 3 is 2.92 bits per heavy atom. The van der Waals surface area contributed by atoms with Gasteiger partial charge in [-0.25, -0.2) is 4.79 Å². The van der Waals surface area contributed by atoms with Crippen molar-refractivity contribution >= 4 is 21.9 Å². The molecule has 6 heteroatoms. The lowest BCUT2D eigenvalue weighted by Crippen LogP contribution is -2.20. The number of hydrogen-bond donors (Lipinski definition) is 1. The maximum Gasteiger partial charge on any atom is 0.330 e. The number of carboxylic acid groups (broad SMARTS) is 1. The van der Waals surface area contributed by atoms with Crippen LogP contribution < -0.4 is 0 Å². The summed E-state index contributed by atoms with van der Waals surface area (Å²) >= 11 is 3.09. The Morgan fingerprint density at radius 1 is 1.92 bits per heavy atom. The average molecular weight is 234 g/mol. The number of nitrogens with zero attached hydrogens (tertiary/aromatic N) is 3. The third kappa shape index (κ3) is 1.82. The van der Waals surface area contributed by atoms with Gasteiger partial charge < -0.3 is 5.11 Å². The molecule has 5 nitrogen and oxygen atoms in total. The Bertz CT molecular complexity index is 286. The van der Waals surface area contributed by atoms with Gasteiger partial charge in [0, 0.05) is 0 Å². The molecular formula is C6H8BrN3O2. The summed E-state index contributed by atoms with van der Waals surface area (Å²) in [6, 6.07) is -0.670. The first-order valence-electron chi connectivity index (χ1n) is 3.45. The predicted octanol–water partition coefficient (Wildman–Crippen LogP) is 1.08. The first-order chi connectivity index (χ1) is 5.65. The summed E-state index contributed by atoms with van der Waals surface area (Å²) in [4.78, 5) is 11.8. The summed E-state index contributed by atoms with van der Waals surface area (Å²) in [5.74, 6) is -0.916. The third-order valence-electron chi connectivity index (χ3n) is 1.43. The average Bonchev–Trinajstić information content (AvgIpc) is 2.37. The van der Waals surface area contributed by atoms with E-state index in [-0.39, 0.29) is 0 Å². The molecule has 12 heavy (non-hydrogen) atoms. The van der Waals surface area contributed by atoms with E-state index in [2.05, 4.69) is 26.1 Å². The van der Waals surface area contributed by atoms with Gasteiger partial charge in [0.2, 0.25) is 0 Å². The fourth-order valence-electron chi connectivity index (χ4n) is 0.843. The lowest BCUT2D eigenvalue weighted by atomic mass is 10.2. The van der Waals surface area contributed by atoms with Crippen LogP contribution in [0.3, 0.4) is 0 Å². The number of aliphatic carboxylic acids is 1. The third-order valence-corrected chi connectivity index (χ3v) is 1.79. The van der Waals surface area contributed by atoms with Crippen molar-refractivity contribution in [3.63, 3.8) is 0 Å². The van der Waals surface area contributed by atoms with Crippen LogP contribution in [-0.4, -0.2) is 26.1 Å². The SMILES string of the molecule is CC[C@H](C(=O)O)n1ncc(Br)n1. The van der Waals surface area contributed by atoms with Crippen LogP contribution in [0.15, 0.2) is 10.8 Å². The van der Waals surface area contributed by atoms with Crippen LogP contribution in [0.1, 0.15) is 19.4 Å². The van der Waals surface area contributed by atoms with E-state index in [9.17, 15) is 4.79 Å². The number of carbonyl (C=O) groups is 1. The molecule has 0 aliphatic heterocycles. The minimum Gasteiger partial charge on any atom is -0.480 e. The lowest BCUT2D eigenvalue weighted by Gasteiger charge is -2.06.